The quantitative estimate of drug-likeness (QED) is 0.856. The molecule has 7 heteroatoms. The van der Waals surface area contributed by atoms with E-state index in [1.54, 1.807) is 0 Å². The zero-order valence-corrected chi connectivity index (χ0v) is 10.4. The molecule has 0 spiro atoms. The fraction of sp³-hybridized carbons (Fsp3) is 0.455. The van der Waals surface area contributed by atoms with Crippen LogP contribution in [-0.2, 0) is 14.8 Å². The summed E-state index contributed by atoms with van der Waals surface area (Å²) in [6.07, 6.45) is -0.555. The molecule has 1 fully saturated rings. The second-order valence-electron chi connectivity index (χ2n) is 3.97. The van der Waals surface area contributed by atoms with E-state index in [2.05, 4.69) is 0 Å². The van der Waals surface area contributed by atoms with Crippen molar-refractivity contribution in [2.75, 3.05) is 26.3 Å². The Morgan fingerprint density at radius 1 is 1.44 bits per heavy atom. The van der Waals surface area contributed by atoms with E-state index in [1.165, 1.54) is 18.2 Å². The number of ether oxygens (including phenoxy) is 1. The smallest absolute Gasteiger partial charge is 0.246 e. The largest absolute Gasteiger partial charge is 0.394 e. The SMILES string of the molecule is O=S(=O)(c1ccccc1F)N1CCOC(CO)C1. The van der Waals surface area contributed by atoms with E-state index in [-0.39, 0.29) is 31.2 Å². The maximum atomic E-state index is 13.5. The molecule has 0 amide bonds. The van der Waals surface area contributed by atoms with Crippen molar-refractivity contribution in [1.29, 1.82) is 0 Å². The fourth-order valence-corrected chi connectivity index (χ4v) is 3.33. The summed E-state index contributed by atoms with van der Waals surface area (Å²) in [5, 5.41) is 8.98. The number of sulfonamides is 1. The van der Waals surface area contributed by atoms with Gasteiger partial charge in [0, 0.05) is 13.1 Å². The van der Waals surface area contributed by atoms with E-state index in [0.29, 0.717) is 0 Å². The highest BCUT2D eigenvalue weighted by Crippen LogP contribution is 2.21. The molecular weight excluding hydrogens is 261 g/mol. The van der Waals surface area contributed by atoms with Crippen LogP contribution in [0, 0.1) is 5.82 Å². The maximum Gasteiger partial charge on any atom is 0.246 e. The summed E-state index contributed by atoms with van der Waals surface area (Å²) < 4.78 is 44.3. The van der Waals surface area contributed by atoms with E-state index < -0.39 is 21.9 Å². The van der Waals surface area contributed by atoms with E-state index >= 15 is 0 Å². The van der Waals surface area contributed by atoms with Crippen molar-refractivity contribution in [3.8, 4) is 0 Å². The summed E-state index contributed by atoms with van der Waals surface area (Å²) in [6, 6.07) is 5.25. The second-order valence-corrected chi connectivity index (χ2v) is 5.88. The molecule has 1 aliphatic heterocycles. The molecule has 0 radical (unpaired) electrons. The summed E-state index contributed by atoms with van der Waals surface area (Å²) in [6.45, 7) is 0.128. The van der Waals surface area contributed by atoms with Crippen LogP contribution in [0.5, 0.6) is 0 Å². The Bertz CT molecular complexity index is 520. The molecule has 1 atom stereocenters. The van der Waals surface area contributed by atoms with Crippen LogP contribution >= 0.6 is 0 Å². The molecular formula is C11H14FNO4S. The van der Waals surface area contributed by atoms with Crippen LogP contribution in [0.3, 0.4) is 0 Å². The van der Waals surface area contributed by atoms with Gasteiger partial charge < -0.3 is 9.84 Å². The molecule has 1 unspecified atom stereocenters. The minimum Gasteiger partial charge on any atom is -0.394 e. The van der Waals surface area contributed by atoms with Crippen LogP contribution in [0.1, 0.15) is 0 Å². The number of nitrogens with zero attached hydrogens (tertiary/aromatic N) is 1. The summed E-state index contributed by atoms with van der Waals surface area (Å²) in [5.41, 5.74) is 0. The fourth-order valence-electron chi connectivity index (χ4n) is 1.81. The minimum atomic E-state index is -3.87. The third-order valence-corrected chi connectivity index (χ3v) is 4.66. The first-order valence-electron chi connectivity index (χ1n) is 5.53. The molecule has 1 aromatic carbocycles. The first-order chi connectivity index (χ1) is 8.55. The van der Waals surface area contributed by atoms with Gasteiger partial charge in [-0.15, -0.1) is 0 Å². The van der Waals surface area contributed by atoms with Crippen molar-refractivity contribution in [3.63, 3.8) is 0 Å². The van der Waals surface area contributed by atoms with E-state index in [9.17, 15) is 12.8 Å². The predicted octanol–water partition coefficient (Wildman–Crippen LogP) is 0.208. The van der Waals surface area contributed by atoms with Gasteiger partial charge in [0.05, 0.1) is 19.3 Å². The molecule has 0 bridgehead atoms. The molecule has 1 saturated heterocycles. The number of benzene rings is 1. The zero-order valence-electron chi connectivity index (χ0n) is 9.62. The van der Waals surface area contributed by atoms with Crippen LogP contribution < -0.4 is 0 Å². The molecule has 1 aromatic rings. The highest BCUT2D eigenvalue weighted by Gasteiger charge is 2.32. The Morgan fingerprint density at radius 2 is 2.17 bits per heavy atom. The van der Waals surface area contributed by atoms with Crippen molar-refractivity contribution in [1.82, 2.24) is 4.31 Å². The summed E-state index contributed by atoms with van der Waals surface area (Å²) in [4.78, 5) is -0.344. The number of hydrogen-bond donors (Lipinski definition) is 1. The van der Waals surface area contributed by atoms with Crippen molar-refractivity contribution in [2.24, 2.45) is 0 Å². The van der Waals surface area contributed by atoms with Crippen molar-refractivity contribution >= 4 is 10.0 Å². The minimum absolute atomic E-state index is 0.0349. The molecule has 18 heavy (non-hydrogen) atoms. The van der Waals surface area contributed by atoms with Crippen LogP contribution in [0.2, 0.25) is 0 Å². The van der Waals surface area contributed by atoms with Gasteiger partial charge in [-0.2, -0.15) is 4.31 Å². The van der Waals surface area contributed by atoms with Crippen LogP contribution in [0.4, 0.5) is 4.39 Å². The van der Waals surface area contributed by atoms with E-state index in [1.807, 2.05) is 0 Å². The van der Waals surface area contributed by atoms with Gasteiger partial charge in [0.15, 0.2) is 0 Å². The van der Waals surface area contributed by atoms with Crippen molar-refractivity contribution in [2.45, 2.75) is 11.0 Å². The maximum absolute atomic E-state index is 13.5. The van der Waals surface area contributed by atoms with Gasteiger partial charge in [0.25, 0.3) is 0 Å². The summed E-state index contributed by atoms with van der Waals surface area (Å²) in [7, 11) is -3.87. The molecule has 1 N–H and O–H groups in total. The standard InChI is InChI=1S/C11H14FNO4S/c12-10-3-1-2-4-11(10)18(15,16)13-5-6-17-9(7-13)8-14/h1-4,9,14H,5-8H2. The van der Waals surface area contributed by atoms with Gasteiger partial charge in [-0.3, -0.25) is 0 Å². The first kappa shape index (κ1) is 13.4. The second kappa shape index (κ2) is 5.31. The van der Waals surface area contributed by atoms with Crippen molar-refractivity contribution in [3.05, 3.63) is 30.1 Å². The number of aliphatic hydroxyl groups excluding tert-OH is 1. The molecule has 0 aliphatic carbocycles. The van der Waals surface area contributed by atoms with Crippen LogP contribution in [0.15, 0.2) is 29.2 Å². The van der Waals surface area contributed by atoms with Gasteiger partial charge in [-0.25, -0.2) is 12.8 Å². The number of rotatable bonds is 3. The lowest BCUT2D eigenvalue weighted by Gasteiger charge is -2.31. The van der Waals surface area contributed by atoms with Gasteiger partial charge in [0.2, 0.25) is 10.0 Å². The van der Waals surface area contributed by atoms with Crippen LogP contribution in [0.25, 0.3) is 0 Å². The zero-order chi connectivity index (χ0) is 13.2. The Labute approximate surface area is 105 Å². The lowest BCUT2D eigenvalue weighted by atomic mass is 10.3. The van der Waals surface area contributed by atoms with Gasteiger partial charge in [0.1, 0.15) is 10.7 Å². The summed E-state index contributed by atoms with van der Waals surface area (Å²) >= 11 is 0. The normalized spacial score (nSPS) is 22.0. The predicted molar refractivity (Wildman–Crippen MR) is 62.0 cm³/mol. The molecule has 100 valence electrons. The van der Waals surface area contributed by atoms with Gasteiger partial charge in [-0.1, -0.05) is 12.1 Å². The molecule has 5 nitrogen and oxygen atoms in total. The number of halogens is 1. The Balaban J connectivity index is 2.29. The average Bonchev–Trinajstić information content (AvgIpc) is 2.39. The lowest BCUT2D eigenvalue weighted by molar-refractivity contribution is -0.0305. The molecule has 1 aliphatic rings. The molecule has 2 rings (SSSR count). The highest BCUT2D eigenvalue weighted by atomic mass is 32.2. The topological polar surface area (TPSA) is 66.8 Å². The number of aliphatic hydroxyl groups is 1. The molecule has 0 saturated carbocycles. The third-order valence-electron chi connectivity index (χ3n) is 2.76. The Kier molecular flexibility index (Phi) is 3.96. The van der Waals surface area contributed by atoms with Crippen molar-refractivity contribution < 1.29 is 22.7 Å². The lowest BCUT2D eigenvalue weighted by Crippen LogP contribution is -2.46. The monoisotopic (exact) mass is 275 g/mol. The highest BCUT2D eigenvalue weighted by molar-refractivity contribution is 7.89. The Hall–Kier alpha value is -1.02. The van der Waals surface area contributed by atoms with E-state index in [4.69, 9.17) is 9.84 Å². The Morgan fingerprint density at radius 3 is 2.83 bits per heavy atom. The number of hydrogen-bond acceptors (Lipinski definition) is 4. The first-order valence-corrected chi connectivity index (χ1v) is 6.97. The molecule has 0 aromatic heterocycles. The van der Waals surface area contributed by atoms with Gasteiger partial charge in [-0.05, 0) is 12.1 Å². The summed E-state index contributed by atoms with van der Waals surface area (Å²) in [5.74, 6) is -0.774. The average molecular weight is 275 g/mol. The van der Waals surface area contributed by atoms with Crippen LogP contribution in [-0.4, -0.2) is 50.2 Å². The number of morpholine rings is 1. The van der Waals surface area contributed by atoms with Gasteiger partial charge >= 0.3 is 0 Å². The molecule has 1 heterocycles. The third kappa shape index (κ3) is 2.54. The van der Waals surface area contributed by atoms with E-state index in [0.717, 1.165) is 10.4 Å².